The molecule has 1 atom stereocenters. The van der Waals surface area contributed by atoms with Crippen molar-refractivity contribution >= 4 is 17.7 Å². The molecule has 0 aliphatic heterocycles. The van der Waals surface area contributed by atoms with Gasteiger partial charge in [0.2, 0.25) is 5.95 Å². The molecular weight excluding hydrogens is 348 g/mol. The number of hydrogen-bond donors (Lipinski definition) is 1. The van der Waals surface area contributed by atoms with Crippen LogP contribution in [-0.4, -0.2) is 28.5 Å². The number of nitrogens with one attached hydrogen (secondary N) is 1. The summed E-state index contributed by atoms with van der Waals surface area (Å²) in [6, 6.07) is 8.12. The van der Waals surface area contributed by atoms with Gasteiger partial charge in [0.05, 0.1) is 0 Å². The van der Waals surface area contributed by atoms with Gasteiger partial charge in [-0.05, 0) is 64.2 Å². The molecule has 1 aliphatic rings. The quantitative estimate of drug-likeness (QED) is 0.754. The number of amides is 1. The smallest absolute Gasteiger partial charge is 0.259 e. The Bertz CT molecular complexity index is 814. The molecule has 1 fully saturated rings. The monoisotopic (exact) mass is 380 g/mol. The van der Waals surface area contributed by atoms with Crippen LogP contribution in [0.5, 0.6) is 0 Å². The second-order valence-corrected chi connectivity index (χ2v) is 7.94. The largest absolute Gasteiger partial charge is 0.351 e. The van der Waals surface area contributed by atoms with Crippen molar-refractivity contribution in [2.75, 3.05) is 16.8 Å². The third kappa shape index (κ3) is 4.70. The minimum atomic E-state index is -0.0197. The summed E-state index contributed by atoms with van der Waals surface area (Å²) < 4.78 is 0. The SMILES string of the molecule is CCN(C(=O)c1cc(C)ccc1C)c1ccnc(N[C@@H](C)C2CCCCC2)n1. The lowest BCUT2D eigenvalue weighted by Crippen LogP contribution is -2.33. The second kappa shape index (κ2) is 9.18. The fourth-order valence-corrected chi connectivity index (χ4v) is 4.05. The number of anilines is 2. The number of nitrogens with zero attached hydrogens (tertiary/aromatic N) is 3. The van der Waals surface area contributed by atoms with E-state index < -0.39 is 0 Å². The minimum absolute atomic E-state index is 0.0197. The van der Waals surface area contributed by atoms with Crippen molar-refractivity contribution in [3.8, 4) is 0 Å². The number of carbonyl (C=O) groups excluding carboxylic acids is 1. The minimum Gasteiger partial charge on any atom is -0.351 e. The van der Waals surface area contributed by atoms with E-state index >= 15 is 0 Å². The highest BCUT2D eigenvalue weighted by Crippen LogP contribution is 2.28. The first-order chi connectivity index (χ1) is 13.5. The second-order valence-electron chi connectivity index (χ2n) is 7.94. The van der Waals surface area contributed by atoms with Gasteiger partial charge >= 0.3 is 0 Å². The van der Waals surface area contributed by atoms with Gasteiger partial charge in [0.25, 0.3) is 5.91 Å². The van der Waals surface area contributed by atoms with E-state index in [4.69, 9.17) is 0 Å². The molecule has 0 unspecified atom stereocenters. The summed E-state index contributed by atoms with van der Waals surface area (Å²) in [6.45, 7) is 8.72. The molecule has 1 amide bonds. The fraction of sp³-hybridized carbons (Fsp3) is 0.522. The first-order valence-corrected chi connectivity index (χ1v) is 10.5. The van der Waals surface area contributed by atoms with Gasteiger partial charge in [-0.1, -0.05) is 37.0 Å². The summed E-state index contributed by atoms with van der Waals surface area (Å²) in [5.41, 5.74) is 2.79. The molecule has 28 heavy (non-hydrogen) atoms. The third-order valence-corrected chi connectivity index (χ3v) is 5.82. The zero-order valence-corrected chi connectivity index (χ0v) is 17.5. The van der Waals surface area contributed by atoms with Crippen molar-refractivity contribution in [3.63, 3.8) is 0 Å². The lowest BCUT2D eigenvalue weighted by molar-refractivity contribution is 0.0987. The van der Waals surface area contributed by atoms with Crippen LogP contribution in [0, 0.1) is 19.8 Å². The van der Waals surface area contributed by atoms with Crippen LogP contribution in [0.1, 0.15) is 67.4 Å². The third-order valence-electron chi connectivity index (χ3n) is 5.82. The van der Waals surface area contributed by atoms with Gasteiger partial charge in [-0.2, -0.15) is 4.98 Å². The highest BCUT2D eigenvalue weighted by molar-refractivity contribution is 6.06. The highest BCUT2D eigenvalue weighted by atomic mass is 16.2. The predicted molar refractivity (Wildman–Crippen MR) is 115 cm³/mol. The summed E-state index contributed by atoms with van der Waals surface area (Å²) >= 11 is 0. The van der Waals surface area contributed by atoms with E-state index in [0.29, 0.717) is 30.3 Å². The Balaban J connectivity index is 1.78. The van der Waals surface area contributed by atoms with Gasteiger partial charge in [0.1, 0.15) is 5.82 Å². The molecule has 1 heterocycles. The topological polar surface area (TPSA) is 58.1 Å². The van der Waals surface area contributed by atoms with Crippen LogP contribution >= 0.6 is 0 Å². The molecule has 0 bridgehead atoms. The van der Waals surface area contributed by atoms with Crippen LogP contribution in [0.4, 0.5) is 11.8 Å². The van der Waals surface area contributed by atoms with E-state index in [-0.39, 0.29) is 5.91 Å². The Morgan fingerprint density at radius 2 is 1.96 bits per heavy atom. The first kappa shape index (κ1) is 20.3. The molecule has 0 spiro atoms. The molecule has 5 heteroatoms. The average molecular weight is 381 g/mol. The molecule has 1 aliphatic carbocycles. The number of benzene rings is 1. The number of carbonyl (C=O) groups is 1. The summed E-state index contributed by atoms with van der Waals surface area (Å²) in [4.78, 5) is 24.0. The molecule has 150 valence electrons. The zero-order valence-electron chi connectivity index (χ0n) is 17.5. The van der Waals surface area contributed by atoms with Crippen molar-refractivity contribution < 1.29 is 4.79 Å². The molecule has 1 aromatic heterocycles. The predicted octanol–water partition coefficient (Wildman–Crippen LogP) is 5.14. The summed E-state index contributed by atoms with van der Waals surface area (Å²) in [5, 5.41) is 3.47. The Kier molecular flexibility index (Phi) is 6.65. The lowest BCUT2D eigenvalue weighted by Gasteiger charge is -2.28. The van der Waals surface area contributed by atoms with Gasteiger partial charge in [0.15, 0.2) is 0 Å². The van der Waals surface area contributed by atoms with Crippen LogP contribution in [0.3, 0.4) is 0 Å². The molecule has 1 N–H and O–H groups in total. The van der Waals surface area contributed by atoms with Crippen molar-refractivity contribution in [3.05, 3.63) is 47.2 Å². The Morgan fingerprint density at radius 3 is 2.68 bits per heavy atom. The van der Waals surface area contributed by atoms with Crippen LogP contribution in [0.25, 0.3) is 0 Å². The van der Waals surface area contributed by atoms with Crippen LogP contribution in [-0.2, 0) is 0 Å². The van der Waals surface area contributed by atoms with Gasteiger partial charge in [0, 0.05) is 24.3 Å². The number of aromatic nitrogens is 2. The number of rotatable bonds is 6. The Morgan fingerprint density at radius 1 is 1.21 bits per heavy atom. The van der Waals surface area contributed by atoms with Gasteiger partial charge in [-0.25, -0.2) is 4.98 Å². The van der Waals surface area contributed by atoms with Gasteiger partial charge in [-0.15, -0.1) is 0 Å². The van der Waals surface area contributed by atoms with E-state index in [1.165, 1.54) is 32.1 Å². The van der Waals surface area contributed by atoms with E-state index in [1.54, 1.807) is 11.1 Å². The van der Waals surface area contributed by atoms with E-state index in [9.17, 15) is 4.79 Å². The Hall–Kier alpha value is -2.43. The van der Waals surface area contributed by atoms with Gasteiger partial charge < -0.3 is 5.32 Å². The Labute approximate surface area is 168 Å². The number of hydrogen-bond acceptors (Lipinski definition) is 4. The molecule has 0 radical (unpaired) electrons. The molecule has 0 saturated heterocycles. The molecule has 1 aromatic carbocycles. The molecule has 2 aromatic rings. The van der Waals surface area contributed by atoms with E-state index in [1.807, 2.05) is 45.0 Å². The lowest BCUT2D eigenvalue weighted by atomic mass is 9.85. The van der Waals surface area contributed by atoms with Crippen LogP contribution < -0.4 is 10.2 Å². The zero-order chi connectivity index (χ0) is 20.1. The van der Waals surface area contributed by atoms with Gasteiger partial charge in [-0.3, -0.25) is 9.69 Å². The molecule has 3 rings (SSSR count). The summed E-state index contributed by atoms with van der Waals surface area (Å²) in [5.74, 6) is 1.89. The van der Waals surface area contributed by atoms with Crippen LogP contribution in [0.2, 0.25) is 0 Å². The summed E-state index contributed by atoms with van der Waals surface area (Å²) in [7, 11) is 0. The van der Waals surface area contributed by atoms with E-state index in [0.717, 1.165) is 16.7 Å². The molecule has 1 saturated carbocycles. The maximum absolute atomic E-state index is 13.2. The maximum Gasteiger partial charge on any atom is 0.259 e. The molecule has 5 nitrogen and oxygen atoms in total. The summed E-state index contributed by atoms with van der Waals surface area (Å²) in [6.07, 6.45) is 8.23. The number of aryl methyl sites for hydroxylation is 2. The fourth-order valence-electron chi connectivity index (χ4n) is 4.05. The first-order valence-electron chi connectivity index (χ1n) is 10.5. The highest BCUT2D eigenvalue weighted by Gasteiger charge is 2.22. The van der Waals surface area contributed by atoms with Crippen molar-refractivity contribution in [2.45, 2.75) is 65.8 Å². The van der Waals surface area contributed by atoms with Crippen molar-refractivity contribution in [2.24, 2.45) is 5.92 Å². The van der Waals surface area contributed by atoms with Crippen LogP contribution in [0.15, 0.2) is 30.5 Å². The maximum atomic E-state index is 13.2. The van der Waals surface area contributed by atoms with E-state index in [2.05, 4.69) is 22.2 Å². The van der Waals surface area contributed by atoms with Crippen molar-refractivity contribution in [1.29, 1.82) is 0 Å². The molecular formula is C23H32N4O. The standard InChI is InChI=1S/C23H32N4O/c1-5-27(22(28)20-15-16(2)11-12-17(20)3)21-13-14-24-23(26-21)25-18(4)19-9-7-6-8-10-19/h11-15,18-19H,5-10H2,1-4H3,(H,24,25,26)/t18-/m0/s1. The van der Waals surface area contributed by atoms with Crippen molar-refractivity contribution in [1.82, 2.24) is 9.97 Å². The normalized spacial score (nSPS) is 15.9. The average Bonchev–Trinajstić information content (AvgIpc) is 2.71.